The second-order valence-electron chi connectivity index (χ2n) is 3.15. The van der Waals surface area contributed by atoms with Crippen molar-refractivity contribution in [1.82, 2.24) is 4.90 Å². The van der Waals surface area contributed by atoms with Gasteiger partial charge in [-0.05, 0) is 19.9 Å². The molecule has 0 aromatic carbocycles. The summed E-state index contributed by atoms with van der Waals surface area (Å²) in [5.74, 6) is -0.448. The number of rotatable bonds is 5. The maximum atomic E-state index is 11.8. The summed E-state index contributed by atoms with van der Waals surface area (Å²) in [6, 6.07) is 0. The first-order chi connectivity index (χ1) is 7.12. The lowest BCUT2D eigenvalue weighted by atomic mass is 10.1. The van der Waals surface area contributed by atoms with Gasteiger partial charge in [0.25, 0.3) is 0 Å². The van der Waals surface area contributed by atoms with Crippen LogP contribution in [0.25, 0.3) is 0 Å². The topological polar surface area (TPSA) is 40.5 Å². The zero-order chi connectivity index (χ0) is 11.8. The fourth-order valence-electron chi connectivity index (χ4n) is 1.14. The number of nitrogens with zero attached hydrogens (tertiary/aromatic N) is 1. The van der Waals surface area contributed by atoms with E-state index in [1.165, 1.54) is 4.90 Å². The lowest BCUT2D eigenvalue weighted by Gasteiger charge is -2.23. The zero-order valence-electron chi connectivity index (χ0n) is 9.60. The molecule has 0 saturated carbocycles. The fraction of sp³-hybridized carbons (Fsp3) is 0.417. The van der Waals surface area contributed by atoms with Gasteiger partial charge in [0, 0.05) is 5.70 Å². The monoisotopic (exact) mass is 209 g/mol. The van der Waals surface area contributed by atoms with Gasteiger partial charge in [-0.2, -0.15) is 0 Å². The third kappa shape index (κ3) is 3.72. The molecular weight excluding hydrogens is 190 g/mol. The van der Waals surface area contributed by atoms with Gasteiger partial charge in [-0.25, -0.2) is 0 Å². The summed E-state index contributed by atoms with van der Waals surface area (Å²) < 4.78 is 0. The maximum Gasteiger partial charge on any atom is 0.235 e. The van der Waals surface area contributed by atoms with Gasteiger partial charge >= 0.3 is 0 Å². The molecule has 0 heterocycles. The van der Waals surface area contributed by atoms with E-state index in [9.17, 15) is 4.79 Å². The van der Waals surface area contributed by atoms with Gasteiger partial charge in [0.15, 0.2) is 0 Å². The van der Waals surface area contributed by atoms with E-state index in [4.69, 9.17) is 5.11 Å². The highest BCUT2D eigenvalue weighted by molar-refractivity contribution is 5.82. The normalized spacial score (nSPS) is 14.0. The number of hydrogen-bond donors (Lipinski definition) is 1. The lowest BCUT2D eigenvalue weighted by molar-refractivity contribution is -0.134. The number of aliphatic hydroxyl groups is 1. The first-order valence-corrected chi connectivity index (χ1v) is 4.96. The fourth-order valence-corrected chi connectivity index (χ4v) is 1.14. The molecule has 1 N–H and O–H groups in total. The average molecular weight is 209 g/mol. The molecule has 0 saturated heterocycles. The van der Waals surface area contributed by atoms with Crippen LogP contribution in [0.5, 0.6) is 0 Å². The van der Waals surface area contributed by atoms with Crippen LogP contribution < -0.4 is 0 Å². The predicted molar refractivity (Wildman–Crippen MR) is 61.9 cm³/mol. The number of aliphatic hydroxyl groups excluding tert-OH is 1. The summed E-state index contributed by atoms with van der Waals surface area (Å²) in [5.41, 5.74) is 0.693. The lowest BCUT2D eigenvalue weighted by Crippen LogP contribution is -2.34. The second kappa shape index (κ2) is 7.01. The molecule has 15 heavy (non-hydrogen) atoms. The summed E-state index contributed by atoms with van der Waals surface area (Å²) in [6.45, 7) is 8.68. The Morgan fingerprint density at radius 2 is 2.13 bits per heavy atom. The zero-order valence-corrected chi connectivity index (χ0v) is 9.60. The van der Waals surface area contributed by atoms with E-state index in [-0.39, 0.29) is 18.6 Å². The van der Waals surface area contributed by atoms with Crippen molar-refractivity contribution in [2.24, 2.45) is 5.92 Å². The van der Waals surface area contributed by atoms with Crippen LogP contribution in [0.2, 0.25) is 0 Å². The van der Waals surface area contributed by atoms with Crippen LogP contribution >= 0.6 is 0 Å². The molecule has 0 rings (SSSR count). The molecule has 1 amide bonds. The quantitative estimate of drug-likeness (QED) is 0.428. The molecule has 1 unspecified atom stereocenters. The van der Waals surface area contributed by atoms with Gasteiger partial charge in [-0.3, -0.25) is 9.69 Å². The van der Waals surface area contributed by atoms with Crippen molar-refractivity contribution in [1.29, 1.82) is 0 Å². The van der Waals surface area contributed by atoms with E-state index in [1.807, 2.05) is 19.9 Å². The van der Waals surface area contributed by atoms with Crippen molar-refractivity contribution in [2.75, 3.05) is 6.73 Å². The van der Waals surface area contributed by atoms with Crippen LogP contribution in [-0.2, 0) is 4.79 Å². The van der Waals surface area contributed by atoms with E-state index >= 15 is 0 Å². The Morgan fingerprint density at radius 1 is 1.53 bits per heavy atom. The second-order valence-corrected chi connectivity index (χ2v) is 3.15. The number of carbonyl (C=O) groups is 1. The molecule has 0 fully saturated rings. The summed E-state index contributed by atoms with van der Waals surface area (Å²) in [7, 11) is 0. The molecule has 1 atom stereocenters. The molecule has 0 bridgehead atoms. The van der Waals surface area contributed by atoms with Crippen molar-refractivity contribution < 1.29 is 9.90 Å². The van der Waals surface area contributed by atoms with Gasteiger partial charge in [-0.1, -0.05) is 25.2 Å². The first-order valence-electron chi connectivity index (χ1n) is 4.96. The summed E-state index contributed by atoms with van der Waals surface area (Å²) in [5, 5.41) is 9.17. The van der Waals surface area contributed by atoms with Crippen LogP contribution in [0.15, 0.2) is 36.6 Å². The van der Waals surface area contributed by atoms with Crippen molar-refractivity contribution in [3.05, 3.63) is 36.6 Å². The Hall–Kier alpha value is -1.35. The Balaban J connectivity index is 4.89. The summed E-state index contributed by atoms with van der Waals surface area (Å²) >= 11 is 0. The molecule has 3 heteroatoms. The van der Waals surface area contributed by atoms with Crippen LogP contribution in [0.1, 0.15) is 20.8 Å². The molecule has 0 radical (unpaired) electrons. The largest absolute Gasteiger partial charge is 0.376 e. The number of amides is 1. The minimum Gasteiger partial charge on any atom is -0.376 e. The van der Waals surface area contributed by atoms with Crippen LogP contribution in [-0.4, -0.2) is 22.6 Å². The molecule has 0 aliphatic rings. The van der Waals surface area contributed by atoms with Gasteiger partial charge < -0.3 is 5.11 Å². The maximum absolute atomic E-state index is 11.8. The van der Waals surface area contributed by atoms with Crippen molar-refractivity contribution in [3.8, 4) is 0 Å². The summed E-state index contributed by atoms with van der Waals surface area (Å²) in [6.07, 6.45) is 6.95. The Morgan fingerprint density at radius 3 is 2.47 bits per heavy atom. The van der Waals surface area contributed by atoms with Crippen LogP contribution in [0.3, 0.4) is 0 Å². The van der Waals surface area contributed by atoms with Gasteiger partial charge in [0.1, 0.15) is 6.73 Å². The van der Waals surface area contributed by atoms with Gasteiger partial charge in [0.05, 0.1) is 5.92 Å². The molecule has 0 aromatic rings. The Kier molecular flexibility index (Phi) is 6.38. The van der Waals surface area contributed by atoms with E-state index in [0.717, 1.165) is 0 Å². The molecule has 84 valence electrons. The summed E-state index contributed by atoms with van der Waals surface area (Å²) in [4.78, 5) is 13.1. The number of allylic oxidation sites excluding steroid dienone is 3. The predicted octanol–water partition coefficient (Wildman–Crippen LogP) is 2.07. The highest BCUT2D eigenvalue weighted by atomic mass is 16.3. The molecule has 0 aliphatic carbocycles. The smallest absolute Gasteiger partial charge is 0.235 e. The first kappa shape index (κ1) is 13.7. The van der Waals surface area contributed by atoms with E-state index in [1.54, 1.807) is 25.2 Å². The van der Waals surface area contributed by atoms with Crippen LogP contribution in [0, 0.1) is 5.92 Å². The molecule has 3 nitrogen and oxygen atoms in total. The van der Waals surface area contributed by atoms with Crippen molar-refractivity contribution in [3.63, 3.8) is 0 Å². The van der Waals surface area contributed by atoms with E-state index in [2.05, 4.69) is 6.58 Å². The Labute approximate surface area is 91.4 Å². The Bertz CT molecular complexity index is 279. The van der Waals surface area contributed by atoms with Gasteiger partial charge in [0.2, 0.25) is 5.91 Å². The van der Waals surface area contributed by atoms with Crippen molar-refractivity contribution >= 4 is 5.91 Å². The van der Waals surface area contributed by atoms with E-state index in [0.29, 0.717) is 5.70 Å². The highest BCUT2D eigenvalue weighted by Crippen LogP contribution is 2.11. The third-order valence-electron chi connectivity index (χ3n) is 2.10. The van der Waals surface area contributed by atoms with Crippen molar-refractivity contribution in [2.45, 2.75) is 20.8 Å². The number of carbonyl (C=O) groups excluding carboxylic acids is 1. The standard InChI is InChI=1S/C12H19NO2/c1-5-8-11(7-3)13(9-14)12(15)10(4)6-2/h5-8,10,14H,2,9H2,1,3-4H3/b8-5-,11-7+. The molecule has 0 aliphatic heterocycles. The minimum absolute atomic E-state index is 0.154. The molecular formula is C12H19NO2. The molecule has 0 spiro atoms. The molecule has 0 aromatic heterocycles. The van der Waals surface area contributed by atoms with Crippen LogP contribution in [0.4, 0.5) is 0 Å². The number of hydrogen-bond acceptors (Lipinski definition) is 2. The average Bonchev–Trinajstić information content (AvgIpc) is 2.27. The van der Waals surface area contributed by atoms with Gasteiger partial charge in [-0.15, -0.1) is 6.58 Å². The van der Waals surface area contributed by atoms with E-state index < -0.39 is 0 Å². The highest BCUT2D eigenvalue weighted by Gasteiger charge is 2.18. The SMILES string of the molecule is C=CC(C)C(=O)N(CO)C(/C=C\C)=C/C. The third-order valence-corrected chi connectivity index (χ3v) is 2.10. The minimum atomic E-state index is -0.318.